The highest BCUT2D eigenvalue weighted by Gasteiger charge is 2.19. The average Bonchev–Trinajstić information content (AvgIpc) is 2.51. The summed E-state index contributed by atoms with van der Waals surface area (Å²) in [5.41, 5.74) is 0.282. The molecule has 0 saturated carbocycles. The topological polar surface area (TPSA) is 59.3 Å². The number of phenols is 1. The monoisotopic (exact) mass is 313 g/mol. The molecule has 1 aromatic heterocycles. The van der Waals surface area contributed by atoms with E-state index in [0.29, 0.717) is 15.9 Å². The van der Waals surface area contributed by atoms with Crippen molar-refractivity contribution >= 4 is 28.3 Å². The van der Waals surface area contributed by atoms with Crippen molar-refractivity contribution in [3.8, 4) is 5.75 Å². The second kappa shape index (κ2) is 5.31. The molecular weight excluding hydrogens is 302 g/mol. The molecule has 0 radical (unpaired) electrons. The van der Waals surface area contributed by atoms with Gasteiger partial charge in [0, 0.05) is 17.5 Å². The number of halogens is 1. The van der Waals surface area contributed by atoms with Gasteiger partial charge in [0.2, 0.25) is 5.78 Å². The van der Waals surface area contributed by atoms with Crippen molar-refractivity contribution in [1.82, 2.24) is 4.57 Å². The highest BCUT2D eigenvalue weighted by Crippen LogP contribution is 2.24. The normalized spacial score (nSPS) is 10.8. The number of aromatic nitrogens is 1. The first-order valence-electron chi connectivity index (χ1n) is 6.61. The van der Waals surface area contributed by atoms with Crippen molar-refractivity contribution in [3.63, 3.8) is 0 Å². The predicted molar refractivity (Wildman–Crippen MR) is 85.7 cm³/mol. The van der Waals surface area contributed by atoms with E-state index in [0.717, 1.165) is 0 Å². The number of hydrogen-bond donors (Lipinski definition) is 1. The van der Waals surface area contributed by atoms with Crippen LogP contribution in [0, 0.1) is 0 Å². The van der Waals surface area contributed by atoms with Gasteiger partial charge >= 0.3 is 0 Å². The van der Waals surface area contributed by atoms with Crippen LogP contribution in [0.4, 0.5) is 0 Å². The van der Waals surface area contributed by atoms with Crippen molar-refractivity contribution in [3.05, 3.63) is 75.0 Å². The quantitative estimate of drug-likeness (QED) is 0.739. The van der Waals surface area contributed by atoms with E-state index in [9.17, 15) is 14.7 Å². The Morgan fingerprint density at radius 1 is 1.09 bits per heavy atom. The number of phenolic OH excluding ortho intramolecular Hbond substituents is 1. The van der Waals surface area contributed by atoms with E-state index in [1.165, 1.54) is 22.8 Å². The Hall–Kier alpha value is -2.59. The van der Waals surface area contributed by atoms with Crippen LogP contribution >= 0.6 is 11.6 Å². The van der Waals surface area contributed by atoms with Gasteiger partial charge in [-0.2, -0.15) is 0 Å². The maximum Gasteiger partial charge on any atom is 0.262 e. The number of aromatic hydroxyl groups is 1. The van der Waals surface area contributed by atoms with E-state index in [1.54, 1.807) is 37.4 Å². The lowest BCUT2D eigenvalue weighted by molar-refractivity contribution is 0.103. The first-order chi connectivity index (χ1) is 10.5. The molecule has 0 bridgehead atoms. The molecule has 22 heavy (non-hydrogen) atoms. The molecule has 1 N–H and O–H groups in total. The number of rotatable bonds is 2. The minimum absolute atomic E-state index is 0.0235. The molecule has 0 aliphatic rings. The lowest BCUT2D eigenvalue weighted by Gasteiger charge is -2.10. The number of carbonyl (C=O) groups is 1. The van der Waals surface area contributed by atoms with E-state index in [2.05, 4.69) is 0 Å². The smallest absolute Gasteiger partial charge is 0.262 e. The number of carbonyl (C=O) groups excluding carboxylic acids is 1. The van der Waals surface area contributed by atoms with Crippen LogP contribution in [0.1, 0.15) is 15.9 Å². The number of aryl methyl sites for hydroxylation is 1. The second-order valence-corrected chi connectivity index (χ2v) is 5.35. The van der Waals surface area contributed by atoms with Crippen LogP contribution in [0.2, 0.25) is 5.02 Å². The molecule has 0 unspecified atom stereocenters. The SMILES string of the molecule is Cn1c(=O)c(C(=O)c2ccccc2O)cc2c(Cl)cccc21. The molecule has 5 heteroatoms. The third kappa shape index (κ3) is 2.18. The first-order valence-corrected chi connectivity index (χ1v) is 6.99. The van der Waals surface area contributed by atoms with Crippen molar-refractivity contribution in [2.45, 2.75) is 0 Å². The summed E-state index contributed by atoms with van der Waals surface area (Å²) in [6.45, 7) is 0. The van der Waals surface area contributed by atoms with Gasteiger partial charge in [-0.1, -0.05) is 29.8 Å². The number of benzene rings is 2. The fourth-order valence-corrected chi connectivity index (χ4v) is 2.65. The van der Waals surface area contributed by atoms with E-state index < -0.39 is 11.3 Å². The van der Waals surface area contributed by atoms with Crippen LogP contribution in [-0.4, -0.2) is 15.5 Å². The molecule has 0 fully saturated rings. The summed E-state index contributed by atoms with van der Waals surface area (Å²) in [6, 6.07) is 12.8. The summed E-state index contributed by atoms with van der Waals surface area (Å²) in [5, 5.41) is 10.9. The van der Waals surface area contributed by atoms with Gasteiger partial charge in [0.15, 0.2) is 0 Å². The molecule has 0 aliphatic carbocycles. The molecular formula is C17H12ClNO3. The number of para-hydroxylation sites is 1. The van der Waals surface area contributed by atoms with Gasteiger partial charge < -0.3 is 9.67 Å². The van der Waals surface area contributed by atoms with Gasteiger partial charge in [-0.05, 0) is 30.3 Å². The van der Waals surface area contributed by atoms with E-state index in [4.69, 9.17) is 11.6 Å². The summed E-state index contributed by atoms with van der Waals surface area (Å²) in [6.07, 6.45) is 0. The highest BCUT2D eigenvalue weighted by atomic mass is 35.5. The first kappa shape index (κ1) is 14.4. The molecule has 0 atom stereocenters. The van der Waals surface area contributed by atoms with Crippen LogP contribution in [0.3, 0.4) is 0 Å². The maximum atomic E-state index is 12.6. The zero-order chi connectivity index (χ0) is 15.9. The van der Waals surface area contributed by atoms with Crippen molar-refractivity contribution in [1.29, 1.82) is 0 Å². The van der Waals surface area contributed by atoms with Crippen molar-refractivity contribution in [2.24, 2.45) is 7.05 Å². The minimum atomic E-state index is -0.527. The zero-order valence-electron chi connectivity index (χ0n) is 11.7. The van der Waals surface area contributed by atoms with Gasteiger partial charge in [0.1, 0.15) is 5.75 Å². The molecule has 0 aliphatic heterocycles. The van der Waals surface area contributed by atoms with Crippen molar-refractivity contribution < 1.29 is 9.90 Å². The number of hydrogen-bond acceptors (Lipinski definition) is 3. The zero-order valence-corrected chi connectivity index (χ0v) is 12.5. The Bertz CT molecular complexity index is 960. The summed E-state index contributed by atoms with van der Waals surface area (Å²) >= 11 is 6.16. The lowest BCUT2D eigenvalue weighted by Crippen LogP contribution is -2.25. The molecule has 2 aromatic carbocycles. The average molecular weight is 314 g/mol. The second-order valence-electron chi connectivity index (χ2n) is 4.94. The van der Waals surface area contributed by atoms with Gasteiger partial charge in [-0.3, -0.25) is 9.59 Å². The van der Waals surface area contributed by atoms with Crippen LogP contribution in [0.25, 0.3) is 10.9 Å². The van der Waals surface area contributed by atoms with E-state index in [1.807, 2.05) is 0 Å². The Morgan fingerprint density at radius 2 is 1.82 bits per heavy atom. The number of pyridine rings is 1. The van der Waals surface area contributed by atoms with Crippen LogP contribution in [-0.2, 0) is 7.05 Å². The van der Waals surface area contributed by atoms with Crippen LogP contribution in [0.15, 0.2) is 53.3 Å². The number of ketones is 1. The van der Waals surface area contributed by atoms with E-state index >= 15 is 0 Å². The Balaban J connectivity index is 2.30. The Labute approximate surface area is 131 Å². The summed E-state index contributed by atoms with van der Waals surface area (Å²) in [7, 11) is 1.59. The van der Waals surface area contributed by atoms with Crippen LogP contribution < -0.4 is 5.56 Å². The lowest BCUT2D eigenvalue weighted by atomic mass is 10.0. The molecule has 0 spiro atoms. The maximum absolute atomic E-state index is 12.6. The fourth-order valence-electron chi connectivity index (χ4n) is 2.43. The van der Waals surface area contributed by atoms with Crippen molar-refractivity contribution in [2.75, 3.05) is 0 Å². The number of nitrogens with zero attached hydrogens (tertiary/aromatic N) is 1. The molecule has 110 valence electrons. The fraction of sp³-hybridized carbons (Fsp3) is 0.0588. The molecule has 3 aromatic rings. The standard InChI is InChI=1S/C17H12ClNO3/c1-19-14-7-4-6-13(18)11(14)9-12(17(19)22)16(21)10-5-2-3-8-15(10)20/h2-9,20H,1H3. The van der Waals surface area contributed by atoms with Gasteiger partial charge in [0.05, 0.1) is 16.6 Å². The Kier molecular flexibility index (Phi) is 3.47. The summed E-state index contributed by atoms with van der Waals surface area (Å²) < 4.78 is 1.38. The largest absolute Gasteiger partial charge is 0.507 e. The van der Waals surface area contributed by atoms with Crippen LogP contribution in [0.5, 0.6) is 5.75 Å². The minimum Gasteiger partial charge on any atom is -0.507 e. The molecule has 1 heterocycles. The molecule has 4 nitrogen and oxygen atoms in total. The van der Waals surface area contributed by atoms with Gasteiger partial charge in [-0.15, -0.1) is 0 Å². The third-order valence-electron chi connectivity index (χ3n) is 3.61. The van der Waals surface area contributed by atoms with Gasteiger partial charge in [0.25, 0.3) is 5.56 Å². The highest BCUT2D eigenvalue weighted by molar-refractivity contribution is 6.35. The molecule has 3 rings (SSSR count). The number of fused-ring (bicyclic) bond motifs is 1. The Morgan fingerprint density at radius 3 is 2.55 bits per heavy atom. The summed E-state index contributed by atoms with van der Waals surface area (Å²) in [5.74, 6) is -0.686. The third-order valence-corrected chi connectivity index (χ3v) is 3.94. The summed E-state index contributed by atoms with van der Waals surface area (Å²) in [4.78, 5) is 25.0. The van der Waals surface area contributed by atoms with E-state index in [-0.39, 0.29) is 16.9 Å². The molecule has 0 amide bonds. The van der Waals surface area contributed by atoms with Gasteiger partial charge in [-0.25, -0.2) is 0 Å². The molecule has 0 saturated heterocycles. The predicted octanol–water partition coefficient (Wildman–Crippen LogP) is 3.13.